The molecule has 0 bridgehead atoms. The van der Waals surface area contributed by atoms with Crippen molar-refractivity contribution in [2.45, 2.75) is 411 Å². The zero-order valence-electron chi connectivity index (χ0n) is 72.9. The minimum Gasteiger partial charge on any atom is -0.463 e. The molecule has 0 fully saturated rings. The van der Waals surface area contributed by atoms with E-state index in [2.05, 4.69) is 167 Å². The maximum Gasteiger partial charge on any atom is 0.472 e. The van der Waals surface area contributed by atoms with Gasteiger partial charge >= 0.3 is 33.6 Å². The molecule has 0 aromatic heterocycles. The lowest BCUT2D eigenvalue weighted by Crippen LogP contribution is -2.30. The summed E-state index contributed by atoms with van der Waals surface area (Å²) >= 11 is 0. The molecule has 0 aliphatic heterocycles. The molecule has 5 atom stereocenters. The Labute approximate surface area is 702 Å². The Morgan fingerprint density at radius 3 is 0.730 bits per heavy atom. The minimum atomic E-state index is -4.94. The predicted octanol–water partition coefficient (Wildman–Crippen LogP) is 28.3. The number of hydrogen-bond donors (Lipinski definition) is 4. The van der Waals surface area contributed by atoms with Crippen LogP contribution in [0.15, 0.2) is 146 Å². The van der Waals surface area contributed by atoms with Crippen LogP contribution in [0.4, 0.5) is 0 Å². The van der Waals surface area contributed by atoms with Crippen LogP contribution in [0.2, 0.25) is 0 Å². The van der Waals surface area contributed by atoms with E-state index in [1.807, 2.05) is 0 Å². The number of carbonyl (C=O) groups is 3. The van der Waals surface area contributed by atoms with Crippen LogP contribution in [0, 0.1) is 0 Å². The van der Waals surface area contributed by atoms with Crippen LogP contribution in [0.5, 0.6) is 0 Å². The molecule has 0 radical (unpaired) electrons. The van der Waals surface area contributed by atoms with Gasteiger partial charge < -0.3 is 34.2 Å². The second-order valence-electron chi connectivity index (χ2n) is 30.7. The topological polar surface area (TPSA) is 231 Å². The van der Waals surface area contributed by atoms with E-state index in [4.69, 9.17) is 32.3 Å². The number of phosphoric acid groups is 2. The highest BCUT2D eigenvalue weighted by atomic mass is 31.2. The van der Waals surface area contributed by atoms with Crippen molar-refractivity contribution in [1.82, 2.24) is 0 Å². The quantitative estimate of drug-likeness (QED) is 0.0146. The Balaban J connectivity index is 4.46. The minimum absolute atomic E-state index is 0.107. The van der Waals surface area contributed by atoms with E-state index in [-0.39, 0.29) is 19.3 Å². The van der Waals surface area contributed by atoms with Crippen LogP contribution in [0.1, 0.15) is 393 Å². The summed E-state index contributed by atoms with van der Waals surface area (Å²) < 4.78 is 61.4. The predicted molar refractivity (Wildman–Crippen MR) is 482 cm³/mol. The molecule has 4 N–H and O–H groups in total. The maximum absolute atomic E-state index is 13.0. The fourth-order valence-electron chi connectivity index (χ4n) is 12.6. The molecule has 16 nitrogen and oxygen atoms in total. The Bertz CT molecular complexity index is 2670. The highest BCUT2D eigenvalue weighted by Gasteiger charge is 2.29. The van der Waals surface area contributed by atoms with Gasteiger partial charge in [-0.1, -0.05) is 398 Å². The molecule has 18 heteroatoms. The number of rotatable bonds is 87. The Morgan fingerprint density at radius 2 is 0.461 bits per heavy atom. The fraction of sp³-hybridized carbons (Fsp3) is 0.722. The van der Waals surface area contributed by atoms with Gasteiger partial charge in [0.1, 0.15) is 25.4 Å². The van der Waals surface area contributed by atoms with Crippen molar-refractivity contribution in [3.05, 3.63) is 146 Å². The average molecular weight is 1650 g/mol. The molecule has 5 unspecified atom stereocenters. The summed E-state index contributed by atoms with van der Waals surface area (Å²) in [6.07, 6.45) is 112. The molecule has 0 amide bonds. The highest BCUT2D eigenvalue weighted by molar-refractivity contribution is 7.47. The van der Waals surface area contributed by atoms with Crippen molar-refractivity contribution < 1.29 is 75.8 Å². The first-order valence-corrected chi connectivity index (χ1v) is 49.1. The SMILES string of the molecule is CC/C=C\C/C=C\C/C=C\C/C=C\C/C=C\C/C=C\CCCCCCCCCCCCCCCCC(=O)OCC(O)COP(=O)(O)OCC(O)COP(=O)(O)OCC(COC(=O)CCCCCCCCCCCCCC/C=C\C/C=C\C/C=C\C/C=C\C/C=C\C/C=C\CC)OC(=O)CCCCCCCCCCCCCCCCC. The molecule has 0 heterocycles. The fourth-order valence-corrected chi connectivity index (χ4v) is 14.2. The number of phosphoric ester groups is 2. The summed E-state index contributed by atoms with van der Waals surface area (Å²) in [7, 11) is -9.80. The summed E-state index contributed by atoms with van der Waals surface area (Å²) in [5, 5.41) is 20.7. The molecule has 0 aliphatic carbocycles. The summed E-state index contributed by atoms with van der Waals surface area (Å²) in [5.41, 5.74) is 0. The van der Waals surface area contributed by atoms with E-state index in [0.717, 1.165) is 161 Å². The summed E-state index contributed by atoms with van der Waals surface area (Å²) in [4.78, 5) is 58.9. The van der Waals surface area contributed by atoms with Crippen LogP contribution in [-0.4, -0.2) is 95.9 Å². The van der Waals surface area contributed by atoms with Gasteiger partial charge in [-0.2, -0.15) is 0 Å². The third-order valence-electron chi connectivity index (χ3n) is 19.6. The Hall–Kier alpha value is -4.57. The second kappa shape index (κ2) is 88.7. The monoisotopic (exact) mass is 1650 g/mol. The first kappa shape index (κ1) is 110. The number of ether oxygens (including phenoxy) is 3. The first-order valence-electron chi connectivity index (χ1n) is 46.1. The first-order chi connectivity index (χ1) is 56.2. The van der Waals surface area contributed by atoms with Gasteiger partial charge in [-0.25, -0.2) is 9.13 Å². The van der Waals surface area contributed by atoms with Gasteiger partial charge in [-0.3, -0.25) is 32.5 Å². The van der Waals surface area contributed by atoms with Gasteiger partial charge in [0.25, 0.3) is 0 Å². The number of aliphatic hydroxyl groups is 2. The van der Waals surface area contributed by atoms with Gasteiger partial charge in [0.05, 0.1) is 26.4 Å². The van der Waals surface area contributed by atoms with E-state index in [0.29, 0.717) is 19.3 Å². The van der Waals surface area contributed by atoms with Crippen LogP contribution in [0.25, 0.3) is 0 Å². The molecule has 0 rings (SSSR count). The van der Waals surface area contributed by atoms with Gasteiger partial charge in [-0.15, -0.1) is 0 Å². The molecule has 0 aromatic carbocycles. The molecule has 662 valence electrons. The lowest BCUT2D eigenvalue weighted by molar-refractivity contribution is -0.161. The molecular formula is C97H168O16P2. The van der Waals surface area contributed by atoms with Crippen molar-refractivity contribution in [2.75, 3.05) is 39.6 Å². The Morgan fingerprint density at radius 1 is 0.252 bits per heavy atom. The van der Waals surface area contributed by atoms with Gasteiger partial charge in [0, 0.05) is 19.3 Å². The smallest absolute Gasteiger partial charge is 0.463 e. The molecule has 0 aromatic rings. The summed E-state index contributed by atoms with van der Waals surface area (Å²) in [6.45, 7) is 2.51. The molecular weight excluding hydrogens is 1480 g/mol. The van der Waals surface area contributed by atoms with Crippen molar-refractivity contribution >= 4 is 33.6 Å². The number of unbranched alkanes of at least 4 members (excludes halogenated alkanes) is 40. The average Bonchev–Trinajstić information content (AvgIpc) is 0.898. The highest BCUT2D eigenvalue weighted by Crippen LogP contribution is 2.45. The number of aliphatic hydroxyl groups excluding tert-OH is 2. The molecule has 0 spiro atoms. The largest absolute Gasteiger partial charge is 0.472 e. The van der Waals surface area contributed by atoms with Gasteiger partial charge in [0.15, 0.2) is 6.10 Å². The van der Waals surface area contributed by atoms with E-state index >= 15 is 0 Å². The number of hydrogen-bond acceptors (Lipinski definition) is 14. The standard InChI is InChI=1S/C97H168O16P2/c1-4-7-10-13-16-19-22-25-28-30-32-34-36-38-40-42-44-45-47-49-50-52-54-56-58-60-63-65-68-71-74-77-80-83-95(100)107-86-92(98)87-109-114(103,104)110-88-93(99)89-111-115(105,106)112-91-94(113-97(102)85-82-79-76-73-70-67-62-27-24-21-18-15-12-9-6-3)90-108-96(101)84-81-78-75-72-69-66-64-61-59-57-55-53-51-48-46-43-41-39-37-35-33-31-29-26-23-20-17-14-11-8-5-2/h7-8,10-11,16-17,19-20,25-26,28-29,32-35,38-41,44-46,48,92-94,98-99H,4-6,9,12-15,18,21-24,27,30-31,36-37,42-43,47,49-91H2,1-3H3,(H,103,104)(H,105,106)/b10-7-,11-8-,19-16-,20-17-,28-25-,29-26-,34-32-,35-33-,40-38-,41-39-,45-44-,48-46-. The number of esters is 3. The molecule has 0 aliphatic rings. The lowest BCUT2D eigenvalue weighted by Gasteiger charge is -2.21. The van der Waals surface area contributed by atoms with Crippen molar-refractivity contribution in [2.24, 2.45) is 0 Å². The number of carbonyl (C=O) groups excluding carboxylic acids is 3. The van der Waals surface area contributed by atoms with Crippen molar-refractivity contribution in [3.63, 3.8) is 0 Å². The lowest BCUT2D eigenvalue weighted by atomic mass is 10.0. The van der Waals surface area contributed by atoms with Crippen LogP contribution < -0.4 is 0 Å². The zero-order valence-corrected chi connectivity index (χ0v) is 74.7. The molecule has 0 saturated heterocycles. The van der Waals surface area contributed by atoms with Crippen LogP contribution >= 0.6 is 15.6 Å². The van der Waals surface area contributed by atoms with Gasteiger partial charge in [0.2, 0.25) is 0 Å². The third kappa shape index (κ3) is 90.0. The zero-order chi connectivity index (χ0) is 83.6. The second-order valence-corrected chi connectivity index (χ2v) is 33.6. The maximum atomic E-state index is 13.0. The van der Waals surface area contributed by atoms with E-state index < -0.39 is 91.5 Å². The van der Waals surface area contributed by atoms with E-state index in [1.165, 1.54) is 173 Å². The van der Waals surface area contributed by atoms with E-state index in [9.17, 15) is 43.5 Å². The van der Waals surface area contributed by atoms with Gasteiger partial charge in [-0.05, 0) is 122 Å². The van der Waals surface area contributed by atoms with Crippen LogP contribution in [0.3, 0.4) is 0 Å². The van der Waals surface area contributed by atoms with Crippen molar-refractivity contribution in [3.8, 4) is 0 Å². The van der Waals surface area contributed by atoms with Crippen molar-refractivity contribution in [1.29, 1.82) is 0 Å². The number of allylic oxidation sites excluding steroid dienone is 24. The normalized spacial score (nSPS) is 14.5. The molecule has 0 saturated carbocycles. The van der Waals surface area contributed by atoms with Crippen LogP contribution in [-0.2, 0) is 55.8 Å². The third-order valence-corrected chi connectivity index (χ3v) is 21.5. The molecule has 115 heavy (non-hydrogen) atoms. The Kier molecular flexibility index (Phi) is 85.2. The summed E-state index contributed by atoms with van der Waals surface area (Å²) in [5.74, 6) is -1.56. The summed E-state index contributed by atoms with van der Waals surface area (Å²) in [6, 6.07) is 0. The van der Waals surface area contributed by atoms with E-state index in [1.54, 1.807) is 0 Å².